The number of aromatic amines is 1. The van der Waals surface area contributed by atoms with E-state index in [4.69, 9.17) is 19.9 Å². The van der Waals surface area contributed by atoms with Crippen LogP contribution in [0, 0.1) is 17.0 Å². The van der Waals surface area contributed by atoms with Crippen LogP contribution in [0.1, 0.15) is 86.8 Å². The van der Waals surface area contributed by atoms with Gasteiger partial charge in [-0.3, -0.25) is 19.5 Å². The summed E-state index contributed by atoms with van der Waals surface area (Å²) in [6, 6.07) is 25.4. The number of nitrogens with two attached hydrogens (primary N) is 1. The molecule has 73 heavy (non-hydrogen) atoms. The number of amides is 1. The molecular weight excluding hydrogens is 951 g/mol. The quantitative estimate of drug-likeness (QED) is 0.0154. The van der Waals surface area contributed by atoms with E-state index in [1.807, 2.05) is 24.3 Å². The minimum Gasteiger partial charge on any atom is -0.471 e. The number of hydrogen-bond acceptors (Lipinski definition) is 13. The van der Waals surface area contributed by atoms with Crippen molar-refractivity contribution in [2.75, 3.05) is 43.5 Å². The van der Waals surface area contributed by atoms with Crippen LogP contribution in [-0.2, 0) is 55.0 Å². The first-order valence-corrected chi connectivity index (χ1v) is 25.7. The lowest BCUT2D eigenvalue weighted by molar-refractivity contribution is -0.438. The number of nitrogens with one attached hydrogen (secondary N) is 2. The van der Waals surface area contributed by atoms with E-state index in [0.29, 0.717) is 75.9 Å². The van der Waals surface area contributed by atoms with Crippen molar-refractivity contribution >= 4 is 55.9 Å². The number of nitro groups is 1. The van der Waals surface area contributed by atoms with E-state index in [9.17, 15) is 27.9 Å². The van der Waals surface area contributed by atoms with Crippen LogP contribution in [0.15, 0.2) is 120 Å². The molecule has 2 aromatic heterocycles. The number of allylic oxidation sites excluding steroid dienone is 4. The van der Waals surface area contributed by atoms with E-state index >= 15 is 0 Å². The summed E-state index contributed by atoms with van der Waals surface area (Å²) in [5.41, 5.74) is 15.8. The second-order valence-corrected chi connectivity index (χ2v) is 20.7. The number of H-pyrrole nitrogens is 1. The number of aryl methyl sites for hydroxylation is 1. The number of non-ortho nitro benzene ring substituents is 1. The van der Waals surface area contributed by atoms with E-state index in [-0.39, 0.29) is 34.5 Å². The number of carbonyl (C=O) groups excluding carboxylic acids is 1. The smallest absolute Gasteiger partial charge is 0.294 e. The van der Waals surface area contributed by atoms with Crippen molar-refractivity contribution < 1.29 is 41.5 Å². The number of ether oxygens (including phenoxy) is 3. The van der Waals surface area contributed by atoms with Crippen LogP contribution in [0.25, 0.3) is 11.2 Å². The largest absolute Gasteiger partial charge is 0.471 e. The van der Waals surface area contributed by atoms with Crippen LogP contribution in [0.3, 0.4) is 0 Å². The van der Waals surface area contributed by atoms with Gasteiger partial charge in [0, 0.05) is 72.6 Å². The van der Waals surface area contributed by atoms with Crippen molar-refractivity contribution in [3.8, 4) is 5.88 Å². The SMILES string of the molecule is Cc1ccc2c(c1)C(C)(C)C(=CC=CC1=[N+](CCCCCC(=O)NCc3ccc(COc4nc(N)nc5nc[nH]c45)cc3)c3ccc(S(=O)(=O)O)cc3C1(C)C)N2CCOCCOCc1ccc([N+](=O)[O-])cc1. The van der Waals surface area contributed by atoms with Gasteiger partial charge in [0.2, 0.25) is 23.4 Å². The summed E-state index contributed by atoms with van der Waals surface area (Å²) < 4.78 is 54.6. The zero-order chi connectivity index (χ0) is 51.9. The van der Waals surface area contributed by atoms with Crippen LogP contribution >= 0.6 is 0 Å². The van der Waals surface area contributed by atoms with Gasteiger partial charge in [-0.15, -0.1) is 0 Å². The molecule has 2 aliphatic heterocycles. The standard InChI is InChI=1S/C54H61N9O9S/c1-36-13-23-44-42(30-36)53(2,3)47(62(44)26-27-70-28-29-71-33-38-18-20-40(21-19-38)63(65)66)11-9-10-46-54(4,5)43-31-41(73(67,68)69)22-24-45(43)61(46)25-8-6-7-12-48(64)56-32-37-14-16-39(17-15-37)34-72-51-49-50(58-35-57-49)59-52(55)60-51/h9-11,13-24,30-31,35H,6-8,12,25-29,32-34H2,1-5H3,(H4-,55,56,57,58,59,60,64,67,68,69)/p+1. The number of unbranched alkanes of at least 4 members (excludes halogenated alkanes) is 2. The number of imidazole rings is 1. The second-order valence-electron chi connectivity index (χ2n) is 19.3. The molecule has 5 N–H and O–H groups in total. The van der Waals surface area contributed by atoms with Crippen molar-refractivity contribution in [1.29, 1.82) is 0 Å². The van der Waals surface area contributed by atoms with E-state index in [2.05, 4.69) is 106 Å². The highest BCUT2D eigenvalue weighted by Crippen LogP contribution is 2.48. The molecule has 4 heterocycles. The van der Waals surface area contributed by atoms with E-state index in [0.717, 1.165) is 57.9 Å². The Morgan fingerprint density at radius 2 is 1.62 bits per heavy atom. The predicted molar refractivity (Wildman–Crippen MR) is 279 cm³/mol. The maximum absolute atomic E-state index is 13.0. The number of nitro benzene ring substituents is 1. The molecule has 2 aliphatic rings. The molecule has 0 fully saturated rings. The molecule has 0 radical (unpaired) electrons. The maximum atomic E-state index is 13.0. The first kappa shape index (κ1) is 52.0. The fourth-order valence-corrected chi connectivity index (χ4v) is 9.96. The van der Waals surface area contributed by atoms with Gasteiger partial charge in [0.15, 0.2) is 11.4 Å². The average molecular weight is 1010 g/mol. The molecule has 0 bridgehead atoms. The van der Waals surface area contributed by atoms with Crippen molar-refractivity contribution in [2.45, 2.75) is 95.8 Å². The molecule has 0 atom stereocenters. The molecule has 6 aromatic rings. The molecule has 0 aliphatic carbocycles. The number of fused-ring (bicyclic) bond motifs is 3. The third-order valence-corrected chi connectivity index (χ3v) is 14.3. The van der Waals surface area contributed by atoms with Gasteiger partial charge in [0.25, 0.3) is 15.8 Å². The number of nitrogens with zero attached hydrogens (tertiary/aromatic N) is 6. The Balaban J connectivity index is 0.885. The first-order chi connectivity index (χ1) is 34.9. The Labute approximate surface area is 424 Å². The minimum absolute atomic E-state index is 0.0374. The summed E-state index contributed by atoms with van der Waals surface area (Å²) in [6.07, 6.45) is 10.4. The van der Waals surface area contributed by atoms with E-state index < -0.39 is 20.5 Å². The third-order valence-electron chi connectivity index (χ3n) is 13.4. The number of carbonyl (C=O) groups is 1. The van der Waals surface area contributed by atoms with Crippen LogP contribution in [-0.4, -0.2) is 86.9 Å². The van der Waals surface area contributed by atoms with Gasteiger partial charge < -0.3 is 35.1 Å². The molecule has 0 unspecified atom stereocenters. The first-order valence-electron chi connectivity index (χ1n) is 24.3. The summed E-state index contributed by atoms with van der Waals surface area (Å²) in [7, 11) is -4.44. The number of aromatic nitrogens is 4. The lowest BCUT2D eigenvalue weighted by Crippen LogP contribution is -2.29. The Kier molecular flexibility index (Phi) is 15.8. The van der Waals surface area contributed by atoms with Crippen molar-refractivity contribution in [2.24, 2.45) is 0 Å². The monoisotopic (exact) mass is 1010 g/mol. The normalized spacial score (nSPS) is 15.4. The molecule has 0 saturated heterocycles. The van der Waals surface area contributed by atoms with Gasteiger partial charge in [0.1, 0.15) is 18.7 Å². The molecule has 382 valence electrons. The fraction of sp³-hybridized carbons (Fsp3) is 0.352. The number of rotatable bonds is 23. The fourth-order valence-electron chi connectivity index (χ4n) is 9.45. The molecule has 18 nitrogen and oxygen atoms in total. The molecule has 19 heteroatoms. The average Bonchev–Trinajstić information content (AvgIpc) is 3.97. The number of hydrogen-bond donors (Lipinski definition) is 4. The molecule has 8 rings (SSSR count). The van der Waals surface area contributed by atoms with Crippen molar-refractivity contribution in [3.63, 3.8) is 0 Å². The van der Waals surface area contributed by atoms with Crippen LogP contribution in [0.2, 0.25) is 0 Å². The number of nitrogen functional groups attached to an aromatic ring is 1. The maximum Gasteiger partial charge on any atom is 0.294 e. The summed E-state index contributed by atoms with van der Waals surface area (Å²) in [4.78, 5) is 41.0. The molecule has 0 saturated carbocycles. The highest BCUT2D eigenvalue weighted by molar-refractivity contribution is 7.85. The van der Waals surface area contributed by atoms with Crippen molar-refractivity contribution in [3.05, 3.63) is 159 Å². The van der Waals surface area contributed by atoms with E-state index in [1.54, 1.807) is 24.3 Å². The van der Waals surface area contributed by atoms with Crippen molar-refractivity contribution in [1.82, 2.24) is 25.3 Å². The molecular formula is C54H62N9O9S+. The van der Waals surface area contributed by atoms with Gasteiger partial charge >= 0.3 is 0 Å². The Morgan fingerprint density at radius 3 is 2.37 bits per heavy atom. The molecule has 1 amide bonds. The number of anilines is 2. The second kappa shape index (κ2) is 22.2. The summed E-state index contributed by atoms with van der Waals surface area (Å²) in [6.45, 7) is 14.1. The highest BCUT2D eigenvalue weighted by atomic mass is 32.2. The van der Waals surface area contributed by atoms with Gasteiger partial charge in [0.05, 0.1) is 48.0 Å². The van der Waals surface area contributed by atoms with Crippen LogP contribution in [0.5, 0.6) is 5.88 Å². The van der Waals surface area contributed by atoms with Gasteiger partial charge in [-0.2, -0.15) is 23.0 Å². The van der Waals surface area contributed by atoms with Crippen LogP contribution in [0.4, 0.5) is 23.0 Å². The predicted octanol–water partition coefficient (Wildman–Crippen LogP) is 8.70. The topological polar surface area (TPSA) is 241 Å². The lowest BCUT2D eigenvalue weighted by atomic mass is 9.81. The van der Waals surface area contributed by atoms with Gasteiger partial charge in [-0.05, 0) is 92.3 Å². The Hall–Kier alpha value is -7.32. The zero-order valence-corrected chi connectivity index (χ0v) is 42.6. The number of benzene rings is 4. The third kappa shape index (κ3) is 12.1. The summed E-state index contributed by atoms with van der Waals surface area (Å²) in [5.74, 6) is 0.359. The molecule has 4 aromatic carbocycles. The summed E-state index contributed by atoms with van der Waals surface area (Å²) in [5, 5.41) is 14.0. The highest BCUT2D eigenvalue weighted by Gasteiger charge is 2.45. The van der Waals surface area contributed by atoms with Crippen LogP contribution < -0.4 is 20.7 Å². The summed E-state index contributed by atoms with van der Waals surface area (Å²) >= 11 is 0. The minimum atomic E-state index is -4.44. The Bertz CT molecular complexity index is 3200. The Morgan fingerprint density at radius 1 is 0.890 bits per heavy atom. The van der Waals surface area contributed by atoms with E-state index in [1.165, 1.54) is 35.7 Å². The zero-order valence-electron chi connectivity index (χ0n) is 41.8. The van der Waals surface area contributed by atoms with Gasteiger partial charge in [-0.25, -0.2) is 4.98 Å². The van der Waals surface area contributed by atoms with Gasteiger partial charge in [-0.1, -0.05) is 61.9 Å². The molecule has 0 spiro atoms. The lowest BCUT2D eigenvalue weighted by Gasteiger charge is -2.27.